The Kier molecular flexibility index (Phi) is 3.73. The van der Waals surface area contributed by atoms with E-state index in [0.29, 0.717) is 6.54 Å². The van der Waals surface area contributed by atoms with Gasteiger partial charge in [0.15, 0.2) is 0 Å². The maximum atomic E-state index is 11.3. The van der Waals surface area contributed by atoms with Gasteiger partial charge in [-0.3, -0.25) is 4.79 Å². The lowest BCUT2D eigenvalue weighted by molar-refractivity contribution is -0.107. The van der Waals surface area contributed by atoms with Crippen molar-refractivity contribution in [3.8, 4) is 0 Å². The summed E-state index contributed by atoms with van der Waals surface area (Å²) in [7, 11) is 0. The number of anilines is 1. The van der Waals surface area contributed by atoms with Crippen molar-refractivity contribution in [2.75, 3.05) is 11.4 Å². The molecule has 3 heteroatoms. The summed E-state index contributed by atoms with van der Waals surface area (Å²) in [6.07, 6.45) is 3.76. The van der Waals surface area contributed by atoms with Crippen LogP contribution in [0.5, 0.6) is 0 Å². The van der Waals surface area contributed by atoms with E-state index in [9.17, 15) is 4.79 Å². The Morgan fingerprint density at radius 3 is 2.62 bits per heavy atom. The molecule has 3 nitrogen and oxygen atoms in total. The van der Waals surface area contributed by atoms with Crippen LogP contribution in [-0.2, 0) is 11.2 Å². The molecule has 0 saturated carbocycles. The minimum absolute atomic E-state index is 0.675. The van der Waals surface area contributed by atoms with Crippen LogP contribution in [0.25, 0.3) is 10.9 Å². The number of carbonyl (C=O) groups excluding carboxylic acids is 1. The van der Waals surface area contributed by atoms with E-state index in [1.165, 1.54) is 16.5 Å². The smallest absolute Gasteiger partial charge is 0.214 e. The van der Waals surface area contributed by atoms with E-state index < -0.39 is 0 Å². The van der Waals surface area contributed by atoms with Gasteiger partial charge in [0.1, 0.15) is 0 Å². The number of rotatable bonds is 5. The molecule has 0 atom stereocenters. The Morgan fingerprint density at radius 2 is 1.86 bits per heavy atom. The second-order valence-corrected chi connectivity index (χ2v) is 5.24. The number of aromatic amines is 1. The first-order chi connectivity index (χ1) is 10.3. The zero-order chi connectivity index (χ0) is 14.7. The molecule has 0 saturated heterocycles. The largest absolute Gasteiger partial charge is 0.361 e. The average Bonchev–Trinajstić information content (AvgIpc) is 2.93. The number of para-hydroxylation sites is 1. The van der Waals surface area contributed by atoms with E-state index >= 15 is 0 Å². The van der Waals surface area contributed by atoms with Crippen LogP contribution in [0.3, 0.4) is 0 Å². The Balaban J connectivity index is 1.76. The standard InChI is InChI=1S/C18H18N2O/c1-14-6-8-16(9-7-14)20(13-21)11-10-15-12-19-18-5-3-2-4-17(15)18/h2-9,12-13,19H,10-11H2,1H3. The molecule has 1 aromatic heterocycles. The fourth-order valence-electron chi connectivity index (χ4n) is 2.56. The summed E-state index contributed by atoms with van der Waals surface area (Å²) in [6, 6.07) is 16.3. The van der Waals surface area contributed by atoms with E-state index in [1.807, 2.05) is 49.5 Å². The van der Waals surface area contributed by atoms with Crippen molar-refractivity contribution in [2.24, 2.45) is 0 Å². The molecule has 2 aromatic carbocycles. The van der Waals surface area contributed by atoms with Crippen molar-refractivity contribution >= 4 is 23.0 Å². The highest BCUT2D eigenvalue weighted by Crippen LogP contribution is 2.19. The molecule has 0 bridgehead atoms. The number of H-pyrrole nitrogens is 1. The van der Waals surface area contributed by atoms with Crippen molar-refractivity contribution in [3.63, 3.8) is 0 Å². The van der Waals surface area contributed by atoms with E-state index in [1.54, 1.807) is 4.90 Å². The summed E-state index contributed by atoms with van der Waals surface area (Å²) in [6.45, 7) is 2.72. The third-order valence-electron chi connectivity index (χ3n) is 3.79. The fourth-order valence-corrected chi connectivity index (χ4v) is 2.56. The lowest BCUT2D eigenvalue weighted by atomic mass is 10.1. The van der Waals surface area contributed by atoms with Crippen LogP contribution >= 0.6 is 0 Å². The maximum Gasteiger partial charge on any atom is 0.214 e. The van der Waals surface area contributed by atoms with Gasteiger partial charge >= 0.3 is 0 Å². The highest BCUT2D eigenvalue weighted by Gasteiger charge is 2.08. The molecule has 0 aliphatic carbocycles. The van der Waals surface area contributed by atoms with Crippen LogP contribution in [0.15, 0.2) is 54.7 Å². The van der Waals surface area contributed by atoms with E-state index in [-0.39, 0.29) is 0 Å². The number of nitrogens with zero attached hydrogens (tertiary/aromatic N) is 1. The number of hydrogen-bond acceptors (Lipinski definition) is 1. The van der Waals surface area contributed by atoms with Crippen LogP contribution in [0.4, 0.5) is 5.69 Å². The lowest BCUT2D eigenvalue weighted by Gasteiger charge is -2.17. The number of amides is 1. The molecule has 0 aliphatic rings. The minimum atomic E-state index is 0.675. The fraction of sp³-hybridized carbons (Fsp3) is 0.167. The summed E-state index contributed by atoms with van der Waals surface area (Å²) < 4.78 is 0. The van der Waals surface area contributed by atoms with Crippen molar-refractivity contribution < 1.29 is 4.79 Å². The predicted octanol–water partition coefficient (Wildman–Crippen LogP) is 3.68. The van der Waals surface area contributed by atoms with Gasteiger partial charge in [-0.15, -0.1) is 0 Å². The molecule has 3 aromatic rings. The normalized spacial score (nSPS) is 10.7. The van der Waals surface area contributed by atoms with Crippen molar-refractivity contribution in [1.29, 1.82) is 0 Å². The van der Waals surface area contributed by atoms with Crippen LogP contribution in [-0.4, -0.2) is 17.9 Å². The van der Waals surface area contributed by atoms with Gasteiger partial charge in [-0.2, -0.15) is 0 Å². The Morgan fingerprint density at radius 1 is 1.10 bits per heavy atom. The first-order valence-corrected chi connectivity index (χ1v) is 7.11. The summed E-state index contributed by atoms with van der Waals surface area (Å²) in [5.41, 5.74) is 4.52. The molecule has 1 heterocycles. The van der Waals surface area contributed by atoms with Crippen LogP contribution < -0.4 is 4.90 Å². The third kappa shape index (κ3) is 2.82. The van der Waals surface area contributed by atoms with Gasteiger partial charge in [0.25, 0.3) is 0 Å². The van der Waals surface area contributed by atoms with Crippen molar-refractivity contribution in [1.82, 2.24) is 4.98 Å². The van der Waals surface area contributed by atoms with E-state index in [4.69, 9.17) is 0 Å². The van der Waals surface area contributed by atoms with Gasteiger partial charge in [0.05, 0.1) is 0 Å². The molecule has 21 heavy (non-hydrogen) atoms. The highest BCUT2D eigenvalue weighted by molar-refractivity contribution is 5.83. The molecule has 0 fully saturated rings. The van der Waals surface area contributed by atoms with E-state index in [2.05, 4.69) is 17.1 Å². The number of aromatic nitrogens is 1. The van der Waals surface area contributed by atoms with Gasteiger partial charge in [0, 0.05) is 29.3 Å². The Hall–Kier alpha value is -2.55. The van der Waals surface area contributed by atoms with Gasteiger partial charge in [0.2, 0.25) is 6.41 Å². The molecule has 1 amide bonds. The molecule has 0 spiro atoms. The minimum Gasteiger partial charge on any atom is -0.361 e. The SMILES string of the molecule is Cc1ccc(N(C=O)CCc2c[nH]c3ccccc23)cc1. The van der Waals surface area contributed by atoms with Crippen molar-refractivity contribution in [3.05, 3.63) is 65.9 Å². The third-order valence-corrected chi connectivity index (χ3v) is 3.79. The first kappa shape index (κ1) is 13.4. The van der Waals surface area contributed by atoms with Gasteiger partial charge in [-0.1, -0.05) is 35.9 Å². The zero-order valence-corrected chi connectivity index (χ0v) is 12.0. The molecule has 3 rings (SSSR count). The zero-order valence-electron chi connectivity index (χ0n) is 12.0. The molecule has 0 unspecified atom stereocenters. The predicted molar refractivity (Wildman–Crippen MR) is 86.6 cm³/mol. The summed E-state index contributed by atoms with van der Waals surface area (Å²) in [4.78, 5) is 16.4. The molecular weight excluding hydrogens is 260 g/mol. The van der Waals surface area contributed by atoms with Gasteiger partial charge in [-0.05, 0) is 37.1 Å². The first-order valence-electron chi connectivity index (χ1n) is 7.11. The maximum absolute atomic E-state index is 11.3. The molecule has 1 N–H and O–H groups in total. The topological polar surface area (TPSA) is 36.1 Å². The summed E-state index contributed by atoms with van der Waals surface area (Å²) >= 11 is 0. The monoisotopic (exact) mass is 278 g/mol. The van der Waals surface area contributed by atoms with Gasteiger partial charge < -0.3 is 9.88 Å². The molecular formula is C18H18N2O. The number of carbonyl (C=O) groups is 1. The second kappa shape index (κ2) is 5.83. The van der Waals surface area contributed by atoms with E-state index in [0.717, 1.165) is 24.0 Å². The number of nitrogens with one attached hydrogen (secondary N) is 1. The summed E-state index contributed by atoms with van der Waals surface area (Å²) in [5.74, 6) is 0. The van der Waals surface area contributed by atoms with Crippen LogP contribution in [0, 0.1) is 6.92 Å². The quantitative estimate of drug-likeness (QED) is 0.710. The number of benzene rings is 2. The average molecular weight is 278 g/mol. The number of hydrogen-bond donors (Lipinski definition) is 1. The highest BCUT2D eigenvalue weighted by atomic mass is 16.1. The molecule has 0 aliphatic heterocycles. The van der Waals surface area contributed by atoms with Gasteiger partial charge in [-0.25, -0.2) is 0 Å². The summed E-state index contributed by atoms with van der Waals surface area (Å²) in [5, 5.41) is 1.23. The molecule has 106 valence electrons. The van der Waals surface area contributed by atoms with Crippen LogP contribution in [0.1, 0.15) is 11.1 Å². The Bertz CT molecular complexity index is 743. The number of aryl methyl sites for hydroxylation is 1. The van der Waals surface area contributed by atoms with Crippen LogP contribution in [0.2, 0.25) is 0 Å². The number of fused-ring (bicyclic) bond motifs is 1. The molecule has 0 radical (unpaired) electrons. The van der Waals surface area contributed by atoms with Crippen molar-refractivity contribution in [2.45, 2.75) is 13.3 Å². The Labute approximate surface area is 124 Å². The second-order valence-electron chi connectivity index (χ2n) is 5.24. The lowest BCUT2D eigenvalue weighted by Crippen LogP contribution is -2.23.